The van der Waals surface area contributed by atoms with E-state index in [4.69, 9.17) is 4.74 Å². The molecule has 0 bridgehead atoms. The Balaban J connectivity index is 1.59. The highest BCUT2D eigenvalue weighted by Gasteiger charge is 2.38. The number of aliphatic hydroxyl groups excluding tert-OH is 1. The summed E-state index contributed by atoms with van der Waals surface area (Å²) in [6.45, 7) is 10.6. The summed E-state index contributed by atoms with van der Waals surface area (Å²) in [4.78, 5) is 5.04. The maximum absolute atomic E-state index is 10.0. The quantitative estimate of drug-likeness (QED) is 0.900. The van der Waals surface area contributed by atoms with E-state index in [2.05, 4.69) is 53.3 Å². The number of aryl methyl sites for hydroxylation is 1. The molecule has 2 aliphatic rings. The second kappa shape index (κ2) is 7.30. The highest BCUT2D eigenvalue weighted by molar-refractivity contribution is 5.50. The van der Waals surface area contributed by atoms with Crippen LogP contribution in [0.2, 0.25) is 0 Å². The average molecular weight is 370 g/mol. The Morgan fingerprint density at radius 1 is 1.15 bits per heavy atom. The molecule has 5 heteroatoms. The van der Waals surface area contributed by atoms with Crippen molar-refractivity contribution in [2.24, 2.45) is 0 Å². The second-order valence-corrected chi connectivity index (χ2v) is 8.18. The number of methoxy groups -OCH3 is 1. The van der Waals surface area contributed by atoms with Crippen LogP contribution in [0.1, 0.15) is 30.3 Å². The van der Waals surface area contributed by atoms with Crippen LogP contribution in [0.15, 0.2) is 30.3 Å². The average Bonchev–Trinajstić information content (AvgIpc) is 3.13. The Morgan fingerprint density at radius 3 is 2.70 bits per heavy atom. The molecule has 2 saturated heterocycles. The second-order valence-electron chi connectivity index (χ2n) is 8.18. The third-order valence-electron chi connectivity index (χ3n) is 6.31. The molecule has 0 amide bonds. The molecule has 0 saturated carbocycles. The molecule has 2 fully saturated rings. The fourth-order valence-corrected chi connectivity index (χ4v) is 4.89. The van der Waals surface area contributed by atoms with Gasteiger partial charge in [0, 0.05) is 49.7 Å². The smallest absolute Gasteiger partial charge is 0.142 e. The number of hydrogen-bond acceptors (Lipinski definition) is 4. The number of fused-ring (bicyclic) bond motifs is 1. The van der Waals surface area contributed by atoms with Gasteiger partial charge < -0.3 is 14.4 Å². The number of piperazine rings is 1. The molecule has 2 aromatic rings. The number of hydrogen-bond donors (Lipinski definition) is 1. The van der Waals surface area contributed by atoms with Crippen LogP contribution in [0, 0.1) is 13.8 Å². The summed E-state index contributed by atoms with van der Waals surface area (Å²) >= 11 is 0. The van der Waals surface area contributed by atoms with Gasteiger partial charge in [-0.1, -0.05) is 12.1 Å². The van der Waals surface area contributed by atoms with Crippen molar-refractivity contribution in [1.82, 2.24) is 14.4 Å². The Labute approximate surface area is 162 Å². The van der Waals surface area contributed by atoms with Crippen LogP contribution in [-0.2, 0) is 6.54 Å². The minimum absolute atomic E-state index is 0.155. The van der Waals surface area contributed by atoms with Crippen molar-refractivity contribution in [1.29, 1.82) is 0 Å². The van der Waals surface area contributed by atoms with Gasteiger partial charge in [-0.3, -0.25) is 9.80 Å². The molecule has 1 aromatic heterocycles. The fraction of sp³-hybridized carbons (Fsp3) is 0.545. The molecule has 0 aliphatic carbocycles. The highest BCUT2D eigenvalue weighted by atomic mass is 16.5. The lowest BCUT2D eigenvalue weighted by atomic mass is 10.1. The SMILES string of the molecule is COc1ccccc1-n1c(C)cc(CN2C[C@@H]3C[C@@H](O)CN3C[C@@H]2C)c1C. The zero-order valence-electron chi connectivity index (χ0n) is 16.9. The predicted molar refractivity (Wildman–Crippen MR) is 108 cm³/mol. The first-order valence-corrected chi connectivity index (χ1v) is 9.95. The lowest BCUT2D eigenvalue weighted by molar-refractivity contribution is 0.0527. The summed E-state index contributed by atoms with van der Waals surface area (Å²) in [6, 6.07) is 11.5. The van der Waals surface area contributed by atoms with Crippen LogP contribution in [0.5, 0.6) is 5.75 Å². The molecule has 2 aliphatic heterocycles. The molecule has 27 heavy (non-hydrogen) atoms. The lowest BCUT2D eigenvalue weighted by Gasteiger charge is -2.42. The largest absolute Gasteiger partial charge is 0.495 e. The third kappa shape index (κ3) is 3.40. The van der Waals surface area contributed by atoms with Crippen LogP contribution >= 0.6 is 0 Å². The summed E-state index contributed by atoms with van der Waals surface area (Å²) in [6.07, 6.45) is 0.751. The third-order valence-corrected chi connectivity index (χ3v) is 6.31. The molecule has 3 heterocycles. The Kier molecular flexibility index (Phi) is 5.01. The molecule has 0 spiro atoms. The molecule has 1 N–H and O–H groups in total. The number of nitrogens with zero attached hydrogens (tertiary/aromatic N) is 3. The highest BCUT2D eigenvalue weighted by Crippen LogP contribution is 2.30. The molecular formula is C22H31N3O2. The first kappa shape index (κ1) is 18.5. The van der Waals surface area contributed by atoms with Crippen molar-refractivity contribution in [3.05, 3.63) is 47.3 Å². The van der Waals surface area contributed by atoms with Crippen molar-refractivity contribution < 1.29 is 9.84 Å². The van der Waals surface area contributed by atoms with Gasteiger partial charge in [-0.2, -0.15) is 0 Å². The van der Waals surface area contributed by atoms with Gasteiger partial charge in [-0.25, -0.2) is 0 Å². The standard InChI is InChI=1S/C22H31N3O2/c1-15-9-18(17(3)25(15)21-7-5-6-8-22(21)27-4)12-23-13-19-10-20(26)14-24(19)11-16(23)2/h5-9,16,19-20,26H,10-14H2,1-4H3/t16-,19-,20+/m0/s1. The molecule has 5 nitrogen and oxygen atoms in total. The summed E-state index contributed by atoms with van der Waals surface area (Å²) in [5.41, 5.74) is 4.97. The Morgan fingerprint density at radius 2 is 1.93 bits per heavy atom. The molecule has 146 valence electrons. The van der Waals surface area contributed by atoms with Gasteiger partial charge in [-0.05, 0) is 51.0 Å². The summed E-state index contributed by atoms with van der Waals surface area (Å²) in [5.74, 6) is 0.896. The van der Waals surface area contributed by atoms with Gasteiger partial charge in [0.25, 0.3) is 0 Å². The molecule has 0 unspecified atom stereocenters. The van der Waals surface area contributed by atoms with E-state index in [1.165, 1.54) is 17.0 Å². The molecular weight excluding hydrogens is 338 g/mol. The van der Waals surface area contributed by atoms with Crippen LogP contribution < -0.4 is 4.74 Å². The van der Waals surface area contributed by atoms with Crippen LogP contribution in [0.4, 0.5) is 0 Å². The van der Waals surface area contributed by atoms with E-state index in [1.54, 1.807) is 7.11 Å². The number of rotatable bonds is 4. The number of aromatic nitrogens is 1. The van der Waals surface area contributed by atoms with Crippen molar-refractivity contribution in [2.75, 3.05) is 26.7 Å². The lowest BCUT2D eigenvalue weighted by Crippen LogP contribution is -2.54. The number of ether oxygens (including phenoxy) is 1. The first-order chi connectivity index (χ1) is 13.0. The topological polar surface area (TPSA) is 40.9 Å². The number of aliphatic hydroxyl groups is 1. The number of benzene rings is 1. The van der Waals surface area contributed by atoms with Gasteiger partial charge in [0.15, 0.2) is 0 Å². The van der Waals surface area contributed by atoms with Gasteiger partial charge in [-0.15, -0.1) is 0 Å². The first-order valence-electron chi connectivity index (χ1n) is 9.95. The van der Waals surface area contributed by atoms with E-state index >= 15 is 0 Å². The van der Waals surface area contributed by atoms with Crippen LogP contribution in [0.25, 0.3) is 5.69 Å². The van der Waals surface area contributed by atoms with E-state index in [0.29, 0.717) is 12.1 Å². The normalized spacial score (nSPS) is 26.3. The van der Waals surface area contributed by atoms with E-state index in [0.717, 1.165) is 44.0 Å². The Hall–Kier alpha value is -1.82. The predicted octanol–water partition coefficient (Wildman–Crippen LogP) is 2.74. The van der Waals surface area contributed by atoms with Crippen molar-refractivity contribution >= 4 is 0 Å². The van der Waals surface area contributed by atoms with E-state index in [9.17, 15) is 5.11 Å². The zero-order chi connectivity index (χ0) is 19.1. The van der Waals surface area contributed by atoms with Gasteiger partial charge in [0.1, 0.15) is 5.75 Å². The summed E-state index contributed by atoms with van der Waals surface area (Å²) in [5, 5.41) is 10.0. The van der Waals surface area contributed by atoms with Crippen LogP contribution in [0.3, 0.4) is 0 Å². The minimum atomic E-state index is -0.155. The minimum Gasteiger partial charge on any atom is -0.495 e. The van der Waals surface area contributed by atoms with Gasteiger partial charge in [0.05, 0.1) is 18.9 Å². The summed E-state index contributed by atoms with van der Waals surface area (Å²) < 4.78 is 7.88. The maximum atomic E-state index is 10.0. The van der Waals surface area contributed by atoms with Gasteiger partial charge in [0.2, 0.25) is 0 Å². The summed E-state index contributed by atoms with van der Waals surface area (Å²) in [7, 11) is 1.73. The fourth-order valence-electron chi connectivity index (χ4n) is 4.89. The monoisotopic (exact) mass is 369 g/mol. The van der Waals surface area contributed by atoms with Crippen LogP contribution in [-0.4, -0.2) is 64.4 Å². The van der Waals surface area contributed by atoms with Crippen molar-refractivity contribution in [3.63, 3.8) is 0 Å². The van der Waals surface area contributed by atoms with Crippen molar-refractivity contribution in [2.45, 2.75) is 51.9 Å². The van der Waals surface area contributed by atoms with E-state index in [-0.39, 0.29) is 6.10 Å². The van der Waals surface area contributed by atoms with Crippen molar-refractivity contribution in [3.8, 4) is 11.4 Å². The number of para-hydroxylation sites is 2. The molecule has 0 radical (unpaired) electrons. The maximum Gasteiger partial charge on any atom is 0.142 e. The molecule has 3 atom stereocenters. The van der Waals surface area contributed by atoms with Gasteiger partial charge >= 0.3 is 0 Å². The zero-order valence-corrected chi connectivity index (χ0v) is 16.9. The van der Waals surface area contributed by atoms with E-state index < -0.39 is 0 Å². The van der Waals surface area contributed by atoms with E-state index in [1.807, 2.05) is 12.1 Å². The molecule has 4 rings (SSSR count). The molecule has 1 aromatic carbocycles. The Bertz CT molecular complexity index is 816.